The molecule has 0 bridgehead atoms. The lowest BCUT2D eigenvalue weighted by atomic mass is 10.0. The number of benzene rings is 2. The molecule has 2 nitrogen and oxygen atoms in total. The second-order valence-electron chi connectivity index (χ2n) is 5.08. The number of nitrogens with zero attached hydrogens (tertiary/aromatic N) is 2. The average Bonchev–Trinajstić information content (AvgIpc) is 2.57. The fourth-order valence-electron chi connectivity index (χ4n) is 2.80. The third-order valence-electron chi connectivity index (χ3n) is 3.92. The van der Waals surface area contributed by atoms with Crippen molar-refractivity contribution in [2.45, 2.75) is 13.8 Å². The topological polar surface area (TPSA) is 16.1 Å². The summed E-state index contributed by atoms with van der Waals surface area (Å²) < 4.78 is 0. The normalized spacial score (nSPS) is 10.8. The van der Waals surface area contributed by atoms with Crippen LogP contribution in [-0.2, 0) is 0 Å². The summed E-state index contributed by atoms with van der Waals surface area (Å²) in [6.07, 6.45) is 2.01. The Hall–Kier alpha value is -2.35. The van der Waals surface area contributed by atoms with Gasteiger partial charge in [-0.2, -0.15) is 0 Å². The fraction of sp³-hybridized carbons (Fsp3) is 0.211. The zero-order chi connectivity index (χ0) is 14.7. The van der Waals surface area contributed by atoms with Crippen LogP contribution in [0.4, 0.5) is 5.82 Å². The van der Waals surface area contributed by atoms with Gasteiger partial charge in [0.15, 0.2) is 0 Å². The van der Waals surface area contributed by atoms with E-state index in [4.69, 9.17) is 4.98 Å². The minimum atomic E-state index is 0.970. The first-order valence-electron chi connectivity index (χ1n) is 7.53. The summed E-state index contributed by atoms with van der Waals surface area (Å²) in [5, 5.41) is 2.49. The number of hydrogen-bond donors (Lipinski definition) is 0. The zero-order valence-corrected chi connectivity index (χ0v) is 12.6. The minimum Gasteiger partial charge on any atom is -0.357 e. The van der Waals surface area contributed by atoms with E-state index >= 15 is 0 Å². The molecule has 3 aromatic rings. The first kappa shape index (κ1) is 13.6. The van der Waals surface area contributed by atoms with Crippen molar-refractivity contribution >= 4 is 16.6 Å². The number of rotatable bonds is 4. The van der Waals surface area contributed by atoms with Crippen molar-refractivity contribution in [3.8, 4) is 11.1 Å². The Kier molecular flexibility index (Phi) is 3.87. The van der Waals surface area contributed by atoms with Crippen LogP contribution in [0.5, 0.6) is 0 Å². The van der Waals surface area contributed by atoms with E-state index in [1.807, 2.05) is 12.3 Å². The molecular weight excluding hydrogens is 256 g/mol. The molecule has 0 aliphatic heterocycles. The smallest absolute Gasteiger partial charge is 0.136 e. The van der Waals surface area contributed by atoms with Gasteiger partial charge in [-0.3, -0.25) is 0 Å². The highest BCUT2D eigenvalue weighted by atomic mass is 15.2. The zero-order valence-electron chi connectivity index (χ0n) is 12.6. The predicted molar refractivity (Wildman–Crippen MR) is 90.7 cm³/mol. The first-order valence-corrected chi connectivity index (χ1v) is 7.53. The second kappa shape index (κ2) is 5.96. The van der Waals surface area contributed by atoms with Crippen LogP contribution in [0.3, 0.4) is 0 Å². The molecule has 0 N–H and O–H groups in total. The van der Waals surface area contributed by atoms with Crippen LogP contribution >= 0.6 is 0 Å². The highest BCUT2D eigenvalue weighted by Gasteiger charge is 2.12. The molecule has 0 fully saturated rings. The molecule has 2 aromatic carbocycles. The van der Waals surface area contributed by atoms with Gasteiger partial charge in [0.1, 0.15) is 5.82 Å². The van der Waals surface area contributed by atoms with Crippen LogP contribution in [0.2, 0.25) is 0 Å². The van der Waals surface area contributed by atoms with Crippen LogP contribution in [-0.4, -0.2) is 18.1 Å². The standard InChI is InChI=1S/C19H20N2/c1-3-21(4-2)19-17-13-9-8-12-16(17)18(14-20-19)15-10-6-5-7-11-15/h5-14H,3-4H2,1-2H3. The summed E-state index contributed by atoms with van der Waals surface area (Å²) in [5.74, 6) is 1.08. The Bertz CT molecular complexity index is 731. The van der Waals surface area contributed by atoms with Gasteiger partial charge in [0.2, 0.25) is 0 Å². The Morgan fingerprint density at radius 2 is 1.43 bits per heavy atom. The van der Waals surface area contributed by atoms with Crippen molar-refractivity contribution < 1.29 is 0 Å². The number of pyridine rings is 1. The van der Waals surface area contributed by atoms with Crippen molar-refractivity contribution in [1.82, 2.24) is 4.98 Å². The highest BCUT2D eigenvalue weighted by molar-refractivity contribution is 6.01. The predicted octanol–water partition coefficient (Wildman–Crippen LogP) is 4.75. The summed E-state index contributed by atoms with van der Waals surface area (Å²) in [4.78, 5) is 7.05. The molecule has 0 spiro atoms. The van der Waals surface area contributed by atoms with Crippen LogP contribution < -0.4 is 4.90 Å². The maximum atomic E-state index is 4.75. The highest BCUT2D eigenvalue weighted by Crippen LogP contribution is 2.32. The molecule has 0 atom stereocenters. The quantitative estimate of drug-likeness (QED) is 0.683. The van der Waals surface area contributed by atoms with Crippen LogP contribution in [0.25, 0.3) is 21.9 Å². The molecule has 0 radical (unpaired) electrons. The van der Waals surface area contributed by atoms with Gasteiger partial charge < -0.3 is 4.90 Å². The van der Waals surface area contributed by atoms with E-state index in [2.05, 4.69) is 67.3 Å². The van der Waals surface area contributed by atoms with Crippen LogP contribution in [0, 0.1) is 0 Å². The molecular formula is C19H20N2. The van der Waals surface area contributed by atoms with Gasteiger partial charge in [0.25, 0.3) is 0 Å². The van der Waals surface area contributed by atoms with Crippen molar-refractivity contribution in [2.75, 3.05) is 18.0 Å². The molecule has 2 heteroatoms. The molecule has 0 unspecified atom stereocenters. The van der Waals surface area contributed by atoms with Gasteiger partial charge >= 0.3 is 0 Å². The van der Waals surface area contributed by atoms with Crippen LogP contribution in [0.15, 0.2) is 60.8 Å². The molecule has 0 aliphatic carbocycles. The van der Waals surface area contributed by atoms with Crippen molar-refractivity contribution in [1.29, 1.82) is 0 Å². The number of aromatic nitrogens is 1. The summed E-state index contributed by atoms with van der Waals surface area (Å²) in [5.41, 5.74) is 2.41. The molecule has 1 aromatic heterocycles. The van der Waals surface area contributed by atoms with Crippen molar-refractivity contribution in [3.63, 3.8) is 0 Å². The molecule has 3 rings (SSSR count). The summed E-state index contributed by atoms with van der Waals surface area (Å²) in [6, 6.07) is 19.0. The van der Waals surface area contributed by atoms with Gasteiger partial charge in [-0.15, -0.1) is 0 Å². The molecule has 0 amide bonds. The van der Waals surface area contributed by atoms with E-state index < -0.39 is 0 Å². The van der Waals surface area contributed by atoms with Gasteiger partial charge in [-0.05, 0) is 24.8 Å². The van der Waals surface area contributed by atoms with E-state index in [1.165, 1.54) is 21.9 Å². The van der Waals surface area contributed by atoms with Crippen LogP contribution in [0.1, 0.15) is 13.8 Å². The number of fused-ring (bicyclic) bond motifs is 1. The van der Waals surface area contributed by atoms with Gasteiger partial charge in [0.05, 0.1) is 0 Å². The summed E-state index contributed by atoms with van der Waals surface area (Å²) in [7, 11) is 0. The largest absolute Gasteiger partial charge is 0.357 e. The number of hydrogen-bond acceptors (Lipinski definition) is 2. The van der Waals surface area contributed by atoms with Crippen molar-refractivity contribution in [2.24, 2.45) is 0 Å². The van der Waals surface area contributed by atoms with E-state index in [0.717, 1.165) is 18.9 Å². The maximum absolute atomic E-state index is 4.75. The lowest BCUT2D eigenvalue weighted by Gasteiger charge is -2.22. The molecule has 0 saturated heterocycles. The van der Waals surface area contributed by atoms with E-state index in [9.17, 15) is 0 Å². The Balaban J connectivity index is 2.24. The molecule has 21 heavy (non-hydrogen) atoms. The van der Waals surface area contributed by atoms with E-state index in [1.54, 1.807) is 0 Å². The Morgan fingerprint density at radius 3 is 2.10 bits per heavy atom. The second-order valence-corrected chi connectivity index (χ2v) is 5.08. The molecule has 0 saturated carbocycles. The van der Waals surface area contributed by atoms with Gasteiger partial charge in [0, 0.05) is 30.2 Å². The lowest BCUT2D eigenvalue weighted by Crippen LogP contribution is -2.23. The van der Waals surface area contributed by atoms with Gasteiger partial charge in [-0.25, -0.2) is 4.98 Å². The SMILES string of the molecule is CCN(CC)c1ncc(-c2ccccc2)c2ccccc12. The van der Waals surface area contributed by atoms with E-state index in [0.29, 0.717) is 0 Å². The Morgan fingerprint density at radius 1 is 0.810 bits per heavy atom. The summed E-state index contributed by atoms with van der Waals surface area (Å²) >= 11 is 0. The minimum absolute atomic E-state index is 0.970. The Labute approximate surface area is 126 Å². The maximum Gasteiger partial charge on any atom is 0.136 e. The third-order valence-corrected chi connectivity index (χ3v) is 3.92. The molecule has 1 heterocycles. The monoisotopic (exact) mass is 276 g/mol. The van der Waals surface area contributed by atoms with E-state index in [-0.39, 0.29) is 0 Å². The van der Waals surface area contributed by atoms with Crippen molar-refractivity contribution in [3.05, 3.63) is 60.8 Å². The number of anilines is 1. The lowest BCUT2D eigenvalue weighted by molar-refractivity contribution is 0.852. The fourth-order valence-corrected chi connectivity index (χ4v) is 2.80. The first-order chi connectivity index (χ1) is 10.3. The average molecular weight is 276 g/mol. The molecule has 0 aliphatic rings. The summed E-state index contributed by atoms with van der Waals surface area (Å²) in [6.45, 7) is 6.28. The molecule has 106 valence electrons. The van der Waals surface area contributed by atoms with Gasteiger partial charge in [-0.1, -0.05) is 54.6 Å². The third kappa shape index (κ3) is 2.49.